The molecule has 0 aliphatic carbocycles. The summed E-state index contributed by atoms with van der Waals surface area (Å²) in [4.78, 5) is 14.0. The smallest absolute Gasteiger partial charge is 0.128 e. The molecule has 1 atom stereocenters. The highest BCUT2D eigenvalue weighted by Crippen LogP contribution is 2.20. The lowest BCUT2D eigenvalue weighted by Crippen LogP contribution is -2.35. The van der Waals surface area contributed by atoms with Crippen molar-refractivity contribution in [2.24, 2.45) is 0 Å². The summed E-state index contributed by atoms with van der Waals surface area (Å²) >= 11 is 0. The minimum absolute atomic E-state index is 0. The quantitative estimate of drug-likeness (QED) is 0.759. The molecule has 1 unspecified atom stereocenters. The molecule has 1 N–H and O–H groups in total. The fourth-order valence-corrected chi connectivity index (χ4v) is 3.60. The second-order valence-corrected chi connectivity index (χ2v) is 7.79. The number of rotatable bonds is 7. The zero-order valence-corrected chi connectivity index (χ0v) is 18.2. The van der Waals surface area contributed by atoms with E-state index < -0.39 is 0 Å². The topological polar surface area (TPSA) is 44.3 Å². The third-order valence-corrected chi connectivity index (χ3v) is 5.48. The maximum atomic E-state index is 4.69. The van der Waals surface area contributed by atoms with Gasteiger partial charge in [-0.25, -0.2) is 4.98 Å². The van der Waals surface area contributed by atoms with Crippen LogP contribution in [0.15, 0.2) is 42.7 Å². The van der Waals surface area contributed by atoms with Gasteiger partial charge in [0, 0.05) is 44.6 Å². The van der Waals surface area contributed by atoms with E-state index in [-0.39, 0.29) is 12.4 Å². The summed E-state index contributed by atoms with van der Waals surface area (Å²) in [5.41, 5.74) is 2.41. The molecule has 28 heavy (non-hydrogen) atoms. The lowest BCUT2D eigenvalue weighted by Gasteiger charge is -2.31. The Labute approximate surface area is 176 Å². The minimum atomic E-state index is 0. The molecular formula is C22H34ClN5. The van der Waals surface area contributed by atoms with Gasteiger partial charge in [-0.15, -0.1) is 12.4 Å². The van der Waals surface area contributed by atoms with E-state index in [4.69, 9.17) is 4.98 Å². The summed E-state index contributed by atoms with van der Waals surface area (Å²) in [7, 11) is 2.10. The van der Waals surface area contributed by atoms with E-state index in [1.165, 1.54) is 24.8 Å². The number of anilines is 1. The molecule has 1 fully saturated rings. The number of halogens is 1. The van der Waals surface area contributed by atoms with Crippen LogP contribution in [-0.4, -0.2) is 47.1 Å². The van der Waals surface area contributed by atoms with Gasteiger partial charge in [0.25, 0.3) is 0 Å². The van der Waals surface area contributed by atoms with Gasteiger partial charge in [0.2, 0.25) is 0 Å². The molecule has 0 radical (unpaired) electrons. The summed E-state index contributed by atoms with van der Waals surface area (Å²) in [6.45, 7) is 8.40. The Bertz CT molecular complexity index is 669. The van der Waals surface area contributed by atoms with Crippen LogP contribution in [0.5, 0.6) is 0 Å². The number of hydrogen-bond donors (Lipinski definition) is 1. The van der Waals surface area contributed by atoms with Crippen LogP contribution in [0.2, 0.25) is 0 Å². The second kappa shape index (κ2) is 11.3. The Balaban J connectivity index is 0.00000280. The first-order chi connectivity index (χ1) is 13.1. The van der Waals surface area contributed by atoms with Crippen molar-refractivity contribution in [3.8, 4) is 0 Å². The average molecular weight is 404 g/mol. The second-order valence-electron chi connectivity index (χ2n) is 7.79. The van der Waals surface area contributed by atoms with Crippen LogP contribution in [0.3, 0.4) is 0 Å². The van der Waals surface area contributed by atoms with Gasteiger partial charge in [0.1, 0.15) is 5.82 Å². The monoisotopic (exact) mass is 403 g/mol. The highest BCUT2D eigenvalue weighted by molar-refractivity contribution is 5.85. The van der Waals surface area contributed by atoms with Gasteiger partial charge in [-0.2, -0.15) is 0 Å². The molecular weight excluding hydrogens is 370 g/mol. The van der Waals surface area contributed by atoms with E-state index >= 15 is 0 Å². The number of nitrogens with one attached hydrogen (secondary N) is 1. The van der Waals surface area contributed by atoms with Gasteiger partial charge in [-0.1, -0.05) is 12.1 Å². The lowest BCUT2D eigenvalue weighted by atomic mass is 10.1. The van der Waals surface area contributed by atoms with Gasteiger partial charge in [0.15, 0.2) is 0 Å². The summed E-state index contributed by atoms with van der Waals surface area (Å²) in [5, 5.41) is 3.53. The molecule has 1 aliphatic rings. The fourth-order valence-electron chi connectivity index (χ4n) is 3.60. The summed E-state index contributed by atoms with van der Waals surface area (Å²) in [5.74, 6) is 1.03. The molecule has 3 heterocycles. The Morgan fingerprint density at radius 3 is 2.61 bits per heavy atom. The molecule has 3 rings (SSSR count). The maximum Gasteiger partial charge on any atom is 0.128 e. The molecule has 0 saturated carbocycles. The summed E-state index contributed by atoms with van der Waals surface area (Å²) < 4.78 is 0. The first-order valence-electron chi connectivity index (χ1n) is 10.2. The number of aromatic nitrogens is 2. The average Bonchev–Trinajstić information content (AvgIpc) is 2.98. The first kappa shape index (κ1) is 22.6. The largest absolute Gasteiger partial charge is 0.357 e. The molecule has 1 saturated heterocycles. The minimum Gasteiger partial charge on any atom is -0.357 e. The molecule has 0 amide bonds. The fraction of sp³-hybridized carbons (Fsp3) is 0.545. The van der Waals surface area contributed by atoms with E-state index in [0.717, 1.165) is 37.7 Å². The zero-order chi connectivity index (χ0) is 19.1. The lowest BCUT2D eigenvalue weighted by molar-refractivity contribution is 0.162. The maximum absolute atomic E-state index is 4.69. The standard InChI is InChI=1S/C22H33N5.ClH/c1-18(2)26(3)22-10-9-19(15-25-22)16-27(17-20-7-4-5-13-24-20)21-8-6-12-23-14-11-21;/h4-5,7,9-10,13,15,18,21,23H,6,8,11-12,14,16-17H2,1-3H3;1H. The Hall–Kier alpha value is -1.69. The number of nitrogens with zero attached hydrogens (tertiary/aromatic N) is 4. The zero-order valence-electron chi connectivity index (χ0n) is 17.3. The molecule has 154 valence electrons. The molecule has 5 nitrogen and oxygen atoms in total. The molecule has 1 aliphatic heterocycles. The Morgan fingerprint density at radius 1 is 1.07 bits per heavy atom. The van der Waals surface area contributed by atoms with Crippen LogP contribution < -0.4 is 10.2 Å². The van der Waals surface area contributed by atoms with Gasteiger partial charge >= 0.3 is 0 Å². The third-order valence-electron chi connectivity index (χ3n) is 5.48. The van der Waals surface area contributed by atoms with Crippen molar-refractivity contribution in [2.75, 3.05) is 25.0 Å². The molecule has 0 bridgehead atoms. The highest BCUT2D eigenvalue weighted by atomic mass is 35.5. The van der Waals surface area contributed by atoms with Crippen LogP contribution in [0.4, 0.5) is 5.82 Å². The van der Waals surface area contributed by atoms with Gasteiger partial charge in [-0.05, 0) is 70.0 Å². The van der Waals surface area contributed by atoms with E-state index in [1.807, 2.05) is 18.5 Å². The van der Waals surface area contributed by atoms with Crippen molar-refractivity contribution in [1.82, 2.24) is 20.2 Å². The van der Waals surface area contributed by atoms with Crippen LogP contribution >= 0.6 is 12.4 Å². The third kappa shape index (κ3) is 6.43. The van der Waals surface area contributed by atoms with E-state index in [9.17, 15) is 0 Å². The molecule has 0 spiro atoms. The Morgan fingerprint density at radius 2 is 1.93 bits per heavy atom. The van der Waals surface area contributed by atoms with Crippen molar-refractivity contribution in [2.45, 2.75) is 58.3 Å². The van der Waals surface area contributed by atoms with Gasteiger partial charge in [0.05, 0.1) is 5.69 Å². The number of hydrogen-bond acceptors (Lipinski definition) is 5. The van der Waals surface area contributed by atoms with Gasteiger partial charge in [-0.3, -0.25) is 9.88 Å². The SMILES string of the molecule is CC(C)N(C)c1ccc(CN(Cc2ccccn2)C2CCCNCC2)cn1.Cl. The number of pyridine rings is 2. The predicted octanol–water partition coefficient (Wildman–Crippen LogP) is 3.89. The molecule has 2 aromatic rings. The first-order valence-corrected chi connectivity index (χ1v) is 10.2. The van der Waals surface area contributed by atoms with Crippen molar-refractivity contribution in [3.63, 3.8) is 0 Å². The van der Waals surface area contributed by atoms with E-state index in [1.54, 1.807) is 0 Å². The Kier molecular flexibility index (Phi) is 9.16. The molecule has 0 aromatic carbocycles. The predicted molar refractivity (Wildman–Crippen MR) is 119 cm³/mol. The van der Waals surface area contributed by atoms with Crippen molar-refractivity contribution >= 4 is 18.2 Å². The van der Waals surface area contributed by atoms with Crippen molar-refractivity contribution in [1.29, 1.82) is 0 Å². The summed E-state index contributed by atoms with van der Waals surface area (Å²) in [6, 6.07) is 11.6. The van der Waals surface area contributed by atoms with Crippen molar-refractivity contribution in [3.05, 3.63) is 54.0 Å². The van der Waals surface area contributed by atoms with Gasteiger partial charge < -0.3 is 10.2 Å². The van der Waals surface area contributed by atoms with Crippen LogP contribution in [0, 0.1) is 0 Å². The normalized spacial score (nSPS) is 17.2. The van der Waals surface area contributed by atoms with Crippen LogP contribution in [-0.2, 0) is 13.1 Å². The van der Waals surface area contributed by atoms with Crippen LogP contribution in [0.25, 0.3) is 0 Å². The highest BCUT2D eigenvalue weighted by Gasteiger charge is 2.21. The summed E-state index contributed by atoms with van der Waals surface area (Å²) in [6.07, 6.45) is 7.59. The molecule has 6 heteroatoms. The molecule has 2 aromatic heterocycles. The van der Waals surface area contributed by atoms with Crippen LogP contribution in [0.1, 0.15) is 44.4 Å². The van der Waals surface area contributed by atoms with Crippen molar-refractivity contribution < 1.29 is 0 Å². The van der Waals surface area contributed by atoms with E-state index in [0.29, 0.717) is 12.1 Å². The van der Waals surface area contributed by atoms with E-state index in [2.05, 4.69) is 65.3 Å².